The van der Waals surface area contributed by atoms with Gasteiger partial charge >= 0.3 is 5.97 Å². The molecule has 3 aromatic carbocycles. The average Bonchev–Trinajstić information content (AvgIpc) is 2.80. The van der Waals surface area contributed by atoms with Gasteiger partial charge in [0, 0.05) is 0 Å². The van der Waals surface area contributed by atoms with Crippen molar-refractivity contribution in [3.05, 3.63) is 89.5 Å². The Balaban J connectivity index is 1.61. The van der Waals surface area contributed by atoms with Gasteiger partial charge < -0.3 is 14.2 Å². The summed E-state index contributed by atoms with van der Waals surface area (Å²) in [5.41, 5.74) is 4.44. The summed E-state index contributed by atoms with van der Waals surface area (Å²) < 4.78 is 15.8. The van der Waals surface area contributed by atoms with E-state index in [0.29, 0.717) is 22.6 Å². The Morgan fingerprint density at radius 3 is 2.32 bits per heavy atom. The number of benzene rings is 3. The minimum atomic E-state index is -0.518. The topological polar surface area (TPSA) is 86.2 Å². The molecule has 0 saturated heterocycles. The number of esters is 1. The van der Waals surface area contributed by atoms with E-state index in [0.717, 1.165) is 5.56 Å². The van der Waals surface area contributed by atoms with E-state index in [1.54, 1.807) is 49.6 Å². The Morgan fingerprint density at radius 1 is 0.903 bits per heavy atom. The normalized spacial score (nSPS) is 10.5. The molecule has 3 rings (SSSR count). The number of hydrazone groups is 1. The van der Waals surface area contributed by atoms with E-state index >= 15 is 0 Å². The summed E-state index contributed by atoms with van der Waals surface area (Å²) in [6, 6.07) is 21.0. The van der Waals surface area contributed by atoms with Crippen LogP contribution in [0.4, 0.5) is 0 Å². The molecule has 1 amide bonds. The lowest BCUT2D eigenvalue weighted by molar-refractivity contribution is -0.120. The molecule has 0 aliphatic carbocycles. The Morgan fingerprint density at radius 2 is 1.65 bits per heavy atom. The van der Waals surface area contributed by atoms with Crippen LogP contribution >= 0.6 is 0 Å². The minimum Gasteiger partial charge on any atom is -0.497 e. The highest BCUT2D eigenvalue weighted by atomic mass is 16.6. The van der Waals surface area contributed by atoms with E-state index in [2.05, 4.69) is 10.5 Å². The Hall–Kier alpha value is -4.13. The number of rotatable bonds is 8. The van der Waals surface area contributed by atoms with Gasteiger partial charge in [0.15, 0.2) is 11.5 Å². The number of amides is 1. The summed E-state index contributed by atoms with van der Waals surface area (Å²) in [4.78, 5) is 24.3. The van der Waals surface area contributed by atoms with E-state index in [1.807, 2.05) is 30.3 Å². The van der Waals surface area contributed by atoms with Crippen molar-refractivity contribution < 1.29 is 23.8 Å². The number of nitrogens with one attached hydrogen (secondary N) is 1. The van der Waals surface area contributed by atoms with Gasteiger partial charge in [0.05, 0.1) is 32.4 Å². The molecule has 0 saturated carbocycles. The van der Waals surface area contributed by atoms with Crippen molar-refractivity contribution in [1.29, 1.82) is 0 Å². The zero-order valence-corrected chi connectivity index (χ0v) is 17.2. The van der Waals surface area contributed by atoms with Crippen molar-refractivity contribution in [3.63, 3.8) is 0 Å². The molecule has 0 bridgehead atoms. The number of nitrogens with zero attached hydrogens (tertiary/aromatic N) is 1. The second-order valence-corrected chi connectivity index (χ2v) is 6.48. The SMILES string of the molecule is COc1ccc(C(=O)Oc2ccc(/C=N/NC(=O)Cc3ccccc3)cc2OC)cc1. The fourth-order valence-electron chi connectivity index (χ4n) is 2.73. The highest BCUT2D eigenvalue weighted by Gasteiger charge is 2.13. The minimum absolute atomic E-state index is 0.223. The smallest absolute Gasteiger partial charge is 0.343 e. The summed E-state index contributed by atoms with van der Waals surface area (Å²) in [6.45, 7) is 0. The van der Waals surface area contributed by atoms with Crippen LogP contribution in [0.1, 0.15) is 21.5 Å². The third-order valence-corrected chi connectivity index (χ3v) is 4.33. The molecule has 7 nitrogen and oxygen atoms in total. The van der Waals surface area contributed by atoms with Gasteiger partial charge in [-0.15, -0.1) is 0 Å². The molecule has 0 radical (unpaired) electrons. The van der Waals surface area contributed by atoms with Gasteiger partial charge in [0.1, 0.15) is 5.75 Å². The zero-order chi connectivity index (χ0) is 22.1. The summed E-state index contributed by atoms with van der Waals surface area (Å²) >= 11 is 0. The van der Waals surface area contributed by atoms with Gasteiger partial charge in [0.2, 0.25) is 5.91 Å². The number of carbonyl (C=O) groups excluding carboxylic acids is 2. The number of ether oxygens (including phenoxy) is 3. The van der Waals surface area contributed by atoms with Gasteiger partial charge in [-0.25, -0.2) is 10.2 Å². The van der Waals surface area contributed by atoms with E-state index in [4.69, 9.17) is 14.2 Å². The van der Waals surface area contributed by atoms with Gasteiger partial charge in [-0.3, -0.25) is 4.79 Å². The molecular weight excluding hydrogens is 396 g/mol. The van der Waals surface area contributed by atoms with Gasteiger partial charge in [-0.2, -0.15) is 5.10 Å². The average molecular weight is 418 g/mol. The number of hydrogen-bond acceptors (Lipinski definition) is 6. The maximum atomic E-state index is 12.4. The Kier molecular flexibility index (Phi) is 7.37. The molecule has 0 aromatic heterocycles. The molecule has 0 fully saturated rings. The molecule has 0 heterocycles. The standard InChI is InChI=1S/C24H22N2O5/c1-29-20-11-9-19(10-12-20)24(28)31-21-13-8-18(14-22(21)30-2)16-25-26-23(27)15-17-6-4-3-5-7-17/h3-14,16H,15H2,1-2H3,(H,26,27)/b25-16+. The molecule has 0 aliphatic rings. The quantitative estimate of drug-likeness (QED) is 0.261. The largest absolute Gasteiger partial charge is 0.497 e. The highest BCUT2D eigenvalue weighted by molar-refractivity contribution is 5.92. The van der Waals surface area contributed by atoms with Crippen molar-refractivity contribution in [2.45, 2.75) is 6.42 Å². The molecule has 0 atom stereocenters. The van der Waals surface area contributed by atoms with Crippen LogP contribution in [0.3, 0.4) is 0 Å². The summed E-state index contributed by atoms with van der Waals surface area (Å²) in [7, 11) is 3.03. The molecule has 7 heteroatoms. The van der Waals surface area contributed by atoms with Crippen molar-refractivity contribution >= 4 is 18.1 Å². The summed E-state index contributed by atoms with van der Waals surface area (Å²) in [5.74, 6) is 0.540. The summed E-state index contributed by atoms with van der Waals surface area (Å²) in [6.07, 6.45) is 1.72. The van der Waals surface area contributed by atoms with Crippen LogP contribution in [0.25, 0.3) is 0 Å². The predicted octanol–water partition coefficient (Wildman–Crippen LogP) is 3.62. The Labute approximate surface area is 180 Å². The van der Waals surface area contributed by atoms with E-state index in [9.17, 15) is 9.59 Å². The number of hydrogen-bond donors (Lipinski definition) is 1. The first-order valence-corrected chi connectivity index (χ1v) is 9.49. The second kappa shape index (κ2) is 10.6. The number of carbonyl (C=O) groups is 2. The van der Waals surface area contributed by atoms with Crippen molar-refractivity contribution in [1.82, 2.24) is 5.43 Å². The van der Waals surface area contributed by atoms with Crippen LogP contribution in [0.2, 0.25) is 0 Å². The molecule has 31 heavy (non-hydrogen) atoms. The lowest BCUT2D eigenvalue weighted by Crippen LogP contribution is -2.19. The lowest BCUT2D eigenvalue weighted by atomic mass is 10.1. The van der Waals surface area contributed by atoms with Gasteiger partial charge in [0.25, 0.3) is 0 Å². The highest BCUT2D eigenvalue weighted by Crippen LogP contribution is 2.28. The van der Waals surface area contributed by atoms with Crippen molar-refractivity contribution in [2.24, 2.45) is 5.10 Å². The third-order valence-electron chi connectivity index (χ3n) is 4.33. The van der Waals surface area contributed by atoms with Crippen LogP contribution in [-0.4, -0.2) is 32.3 Å². The van der Waals surface area contributed by atoms with Gasteiger partial charge in [-0.05, 0) is 53.6 Å². The maximum Gasteiger partial charge on any atom is 0.343 e. The zero-order valence-electron chi connectivity index (χ0n) is 17.2. The van der Waals surface area contributed by atoms with Crippen molar-refractivity contribution in [2.75, 3.05) is 14.2 Å². The fraction of sp³-hybridized carbons (Fsp3) is 0.125. The Bertz CT molecular complexity index is 1060. The van der Waals surface area contributed by atoms with Crippen LogP contribution in [0.5, 0.6) is 17.2 Å². The molecule has 0 unspecified atom stereocenters. The third kappa shape index (κ3) is 6.17. The van der Waals surface area contributed by atoms with Gasteiger partial charge in [-0.1, -0.05) is 30.3 Å². The first kappa shape index (κ1) is 21.6. The number of methoxy groups -OCH3 is 2. The first-order chi connectivity index (χ1) is 15.1. The second-order valence-electron chi connectivity index (χ2n) is 6.48. The first-order valence-electron chi connectivity index (χ1n) is 9.49. The van der Waals surface area contributed by atoms with Crippen LogP contribution < -0.4 is 19.6 Å². The molecule has 0 aliphatic heterocycles. The molecule has 0 spiro atoms. The monoisotopic (exact) mass is 418 g/mol. The van der Waals surface area contributed by atoms with Crippen LogP contribution in [0, 0.1) is 0 Å². The molecule has 3 aromatic rings. The fourth-order valence-corrected chi connectivity index (χ4v) is 2.73. The van der Waals surface area contributed by atoms with Crippen LogP contribution in [0.15, 0.2) is 77.9 Å². The molecule has 1 N–H and O–H groups in total. The maximum absolute atomic E-state index is 12.4. The van der Waals surface area contributed by atoms with Crippen molar-refractivity contribution in [3.8, 4) is 17.2 Å². The van der Waals surface area contributed by atoms with Crippen LogP contribution in [-0.2, 0) is 11.2 Å². The predicted molar refractivity (Wildman–Crippen MR) is 117 cm³/mol. The van der Waals surface area contributed by atoms with E-state index < -0.39 is 5.97 Å². The lowest BCUT2D eigenvalue weighted by Gasteiger charge is -2.10. The van der Waals surface area contributed by atoms with E-state index in [1.165, 1.54) is 13.3 Å². The summed E-state index contributed by atoms with van der Waals surface area (Å²) in [5, 5.41) is 3.97. The molecule has 158 valence electrons. The molecular formula is C24H22N2O5. The van der Waals surface area contributed by atoms with E-state index in [-0.39, 0.29) is 18.1 Å².